The van der Waals surface area contributed by atoms with Crippen molar-refractivity contribution in [2.24, 2.45) is 10.9 Å². The molecule has 0 unspecified atom stereocenters. The smallest absolute Gasteiger partial charge is 0.518 e. The second-order valence-corrected chi connectivity index (χ2v) is 16.5. The molecular weight excluding hydrogens is 786 g/mol. The number of hydrogen-bond acceptors (Lipinski definition) is 4. The van der Waals surface area contributed by atoms with Gasteiger partial charge in [0.25, 0.3) is 0 Å². The number of aromatic nitrogens is 2. The summed E-state index contributed by atoms with van der Waals surface area (Å²) in [7, 11) is 0. The Balaban J connectivity index is 0.00000378. The van der Waals surface area contributed by atoms with E-state index in [0.29, 0.717) is 35.8 Å². The van der Waals surface area contributed by atoms with Gasteiger partial charge in [-0.2, -0.15) is 6.07 Å². The first-order valence-electron chi connectivity index (χ1n) is 17.7. The third-order valence-electron chi connectivity index (χ3n) is 11.3. The van der Waals surface area contributed by atoms with Gasteiger partial charge in [-0.25, -0.2) is 4.98 Å². The minimum absolute atomic E-state index is 0. The van der Waals surface area contributed by atoms with Crippen molar-refractivity contribution in [1.82, 2.24) is 9.55 Å². The van der Waals surface area contributed by atoms with E-state index in [1.54, 1.807) is 0 Å². The molecule has 0 bridgehead atoms. The summed E-state index contributed by atoms with van der Waals surface area (Å²) >= 11 is 0. The van der Waals surface area contributed by atoms with Gasteiger partial charge < -0.3 is 14.0 Å². The van der Waals surface area contributed by atoms with E-state index in [0.717, 1.165) is 27.8 Å². The van der Waals surface area contributed by atoms with E-state index in [4.69, 9.17) is 19.5 Å². The zero-order chi connectivity index (χ0) is 33.7. The van der Waals surface area contributed by atoms with Gasteiger partial charge in [-0.05, 0) is 71.8 Å². The Morgan fingerprint density at radius 1 is 0.980 bits per heavy atom. The second-order valence-electron chi connectivity index (χ2n) is 16.5. The topological polar surface area (TPSA) is 48.6 Å². The molecule has 256 valence electrons. The largest absolute Gasteiger partial charge is 2.00 e. The third kappa shape index (κ3) is 5.46. The van der Waals surface area contributed by atoms with Crippen molar-refractivity contribution in [1.29, 1.82) is 0 Å². The van der Waals surface area contributed by atoms with Crippen LogP contribution in [0.1, 0.15) is 120 Å². The average molecular weight is 833 g/mol. The maximum atomic E-state index is 6.77. The minimum Gasteiger partial charge on any atom is -0.518 e. The summed E-state index contributed by atoms with van der Waals surface area (Å²) in [5.74, 6) is 2.91. The number of benzene rings is 3. The van der Waals surface area contributed by atoms with Crippen molar-refractivity contribution < 1.29 is 30.5 Å². The summed E-state index contributed by atoms with van der Waals surface area (Å²) in [6.45, 7) is 21.0. The molecule has 1 aliphatic carbocycles. The van der Waals surface area contributed by atoms with Gasteiger partial charge in [-0.1, -0.05) is 97.7 Å². The number of aliphatic imine (C=N–C) groups is 1. The van der Waals surface area contributed by atoms with E-state index in [1.807, 2.05) is 12.3 Å². The number of fused-ring (bicyclic) bond motifs is 5. The minimum atomic E-state index is -0.250. The number of ether oxygens (including phenoxy) is 2. The molecule has 49 heavy (non-hydrogen) atoms. The maximum Gasteiger partial charge on any atom is 2.00 e. The predicted octanol–water partition coefficient (Wildman–Crippen LogP) is 10.7. The monoisotopic (exact) mass is 832 g/mol. The van der Waals surface area contributed by atoms with Crippen molar-refractivity contribution in [3.05, 3.63) is 94.2 Å². The Kier molecular flexibility index (Phi) is 8.22. The zero-order valence-corrected chi connectivity index (χ0v) is 32.6. The molecule has 0 N–H and O–H groups in total. The molecule has 3 aliphatic rings. The van der Waals surface area contributed by atoms with Crippen LogP contribution in [-0.2, 0) is 36.6 Å². The molecule has 1 saturated carbocycles. The molecule has 5 aromatic rings. The van der Waals surface area contributed by atoms with Gasteiger partial charge in [-0.15, -0.1) is 28.8 Å². The molecule has 6 heteroatoms. The molecule has 1 fully saturated rings. The molecular formula is C43H47N3O2Pt. The van der Waals surface area contributed by atoms with Gasteiger partial charge in [0.15, 0.2) is 0 Å². The van der Waals surface area contributed by atoms with Crippen LogP contribution in [-0.4, -0.2) is 27.6 Å². The number of aryl methyl sites for hydroxylation is 1. The van der Waals surface area contributed by atoms with Gasteiger partial charge in [0.2, 0.25) is 0 Å². The molecule has 0 amide bonds. The van der Waals surface area contributed by atoms with Gasteiger partial charge >= 0.3 is 21.1 Å². The average Bonchev–Trinajstić information content (AvgIpc) is 3.79. The Morgan fingerprint density at radius 2 is 1.73 bits per heavy atom. The summed E-state index contributed by atoms with van der Waals surface area (Å²) in [6.07, 6.45) is 6.92. The fourth-order valence-corrected chi connectivity index (χ4v) is 8.21. The van der Waals surface area contributed by atoms with Crippen molar-refractivity contribution in [2.45, 2.75) is 110 Å². The van der Waals surface area contributed by atoms with Gasteiger partial charge in [0.1, 0.15) is 18.2 Å². The van der Waals surface area contributed by atoms with E-state index in [1.165, 1.54) is 58.8 Å². The van der Waals surface area contributed by atoms with Crippen molar-refractivity contribution in [3.8, 4) is 17.2 Å². The molecule has 2 aromatic heterocycles. The van der Waals surface area contributed by atoms with Crippen LogP contribution in [0.15, 0.2) is 53.7 Å². The van der Waals surface area contributed by atoms with Crippen LogP contribution in [0, 0.1) is 25.0 Å². The number of hydrogen-bond donors (Lipinski definition) is 0. The molecule has 4 heterocycles. The number of rotatable bonds is 5. The van der Waals surface area contributed by atoms with Crippen molar-refractivity contribution in [3.63, 3.8) is 0 Å². The molecule has 8 rings (SSSR count). The van der Waals surface area contributed by atoms with E-state index in [-0.39, 0.29) is 37.4 Å². The fraction of sp³-hybridized carbons (Fsp3) is 0.442. The van der Waals surface area contributed by atoms with Gasteiger partial charge in [0.05, 0.1) is 11.1 Å². The van der Waals surface area contributed by atoms with Crippen LogP contribution in [0.3, 0.4) is 0 Å². The molecule has 2 aliphatic heterocycles. The van der Waals surface area contributed by atoms with Gasteiger partial charge in [-0.3, -0.25) is 4.99 Å². The normalized spacial score (nSPS) is 20.0. The van der Waals surface area contributed by atoms with E-state index >= 15 is 0 Å². The first-order valence-corrected chi connectivity index (χ1v) is 17.7. The molecule has 3 aromatic carbocycles. The summed E-state index contributed by atoms with van der Waals surface area (Å²) in [5, 5.41) is 2.39. The fourth-order valence-electron chi connectivity index (χ4n) is 8.21. The molecule has 1 atom stereocenters. The van der Waals surface area contributed by atoms with Crippen LogP contribution in [0.2, 0.25) is 0 Å². The van der Waals surface area contributed by atoms with Crippen LogP contribution in [0.25, 0.3) is 27.6 Å². The Bertz CT molecular complexity index is 2140. The van der Waals surface area contributed by atoms with Gasteiger partial charge in [0, 0.05) is 28.5 Å². The van der Waals surface area contributed by atoms with E-state index in [2.05, 4.69) is 115 Å². The summed E-state index contributed by atoms with van der Waals surface area (Å²) < 4.78 is 15.4. The third-order valence-corrected chi connectivity index (χ3v) is 11.3. The molecule has 0 saturated heterocycles. The second kappa shape index (κ2) is 11.8. The maximum absolute atomic E-state index is 6.77. The number of nitrogens with zero attached hydrogens (tertiary/aromatic N) is 3. The first-order chi connectivity index (χ1) is 22.7. The predicted molar refractivity (Wildman–Crippen MR) is 195 cm³/mol. The van der Waals surface area contributed by atoms with Crippen molar-refractivity contribution >= 4 is 27.8 Å². The SMILES string of the molecule is Cc1cc2c([c-]c1Oc1[c-]c(C3=N[C@](C)(C4CCCC4)CO3)cc(C(C)C)c1)-n1c3ncccc3c3cc(C(C)(C)C)cc(c31)C2(C)C.[Pt+2]. The zero-order valence-electron chi connectivity index (χ0n) is 30.3. The summed E-state index contributed by atoms with van der Waals surface area (Å²) in [5.41, 5.74) is 9.67. The number of pyridine rings is 1. The van der Waals surface area contributed by atoms with Crippen LogP contribution < -0.4 is 4.74 Å². The Hall–Kier alpha value is -3.43. The van der Waals surface area contributed by atoms with Crippen LogP contribution >= 0.6 is 0 Å². The Labute approximate surface area is 305 Å². The van der Waals surface area contributed by atoms with E-state index in [9.17, 15) is 0 Å². The standard InChI is InChI=1S/C43H47N3O2.Pt/c1-25(2)27-18-28(40-45-43(9,24-47-40)29-13-10-11-14-29)20-31(19-27)48-37-23-36-34(17-26(37)3)42(7,8)35-22-30(41(4,5)6)21-33-32-15-12-16-44-39(32)46(36)38(33)35;/h12,15-19,21-22,25,29H,10-11,13-14,24H2,1-9H3;/q-2;+2/t43-;/m0./s1. The summed E-state index contributed by atoms with van der Waals surface area (Å²) in [6, 6.07) is 22.9. The molecule has 5 nitrogen and oxygen atoms in total. The summed E-state index contributed by atoms with van der Waals surface area (Å²) in [4.78, 5) is 10.1. The first kappa shape index (κ1) is 34.0. The molecule has 0 radical (unpaired) electrons. The van der Waals surface area contributed by atoms with Crippen LogP contribution in [0.5, 0.6) is 11.5 Å². The quantitative estimate of drug-likeness (QED) is 0.166. The Morgan fingerprint density at radius 3 is 2.45 bits per heavy atom. The van der Waals surface area contributed by atoms with Crippen LogP contribution in [0.4, 0.5) is 0 Å². The van der Waals surface area contributed by atoms with Crippen molar-refractivity contribution in [2.75, 3.05) is 6.61 Å². The molecule has 0 spiro atoms. The van der Waals surface area contributed by atoms with E-state index < -0.39 is 0 Å².